The highest BCUT2D eigenvalue weighted by Gasteiger charge is 2.22. The second-order valence-corrected chi connectivity index (χ2v) is 7.28. The van der Waals surface area contributed by atoms with Gasteiger partial charge >= 0.3 is 0 Å². The maximum atomic E-state index is 12.3. The number of rotatable bonds is 6. The molecule has 2 amide bonds. The summed E-state index contributed by atoms with van der Waals surface area (Å²) in [6.45, 7) is 2.36. The molecule has 0 radical (unpaired) electrons. The summed E-state index contributed by atoms with van der Waals surface area (Å²) in [4.78, 5) is 24.6. The van der Waals surface area contributed by atoms with Gasteiger partial charge in [-0.25, -0.2) is 0 Å². The van der Waals surface area contributed by atoms with E-state index in [0.717, 1.165) is 48.1 Å². The van der Waals surface area contributed by atoms with Gasteiger partial charge < -0.3 is 16.4 Å². The minimum absolute atomic E-state index is 0. The van der Waals surface area contributed by atoms with Crippen LogP contribution in [0.4, 0.5) is 5.69 Å². The molecule has 150 valence electrons. The van der Waals surface area contributed by atoms with E-state index in [1.54, 1.807) is 0 Å². The minimum atomic E-state index is -0.698. The third-order valence-electron chi connectivity index (χ3n) is 5.11. The second kappa shape index (κ2) is 10.2. The second-order valence-electron chi connectivity index (χ2n) is 7.28. The van der Waals surface area contributed by atoms with Gasteiger partial charge in [0.25, 0.3) is 0 Å². The van der Waals surface area contributed by atoms with Crippen LogP contribution in [-0.4, -0.2) is 11.8 Å². The highest BCUT2D eigenvalue weighted by Crippen LogP contribution is 2.26. The summed E-state index contributed by atoms with van der Waals surface area (Å²) in [6.07, 6.45) is 4.20. The van der Waals surface area contributed by atoms with Crippen molar-refractivity contribution in [2.75, 3.05) is 5.32 Å². The molecular weight excluding hydrogens is 374 g/mol. The number of amides is 2. The number of halogens is 1. The highest BCUT2D eigenvalue weighted by atomic mass is 35.5. The summed E-state index contributed by atoms with van der Waals surface area (Å²) in [5, 5.41) is 5.86. The van der Waals surface area contributed by atoms with Crippen LogP contribution in [0.15, 0.2) is 48.5 Å². The molecule has 1 saturated carbocycles. The lowest BCUT2D eigenvalue weighted by molar-refractivity contribution is -0.122. The van der Waals surface area contributed by atoms with E-state index >= 15 is 0 Å². The summed E-state index contributed by atoms with van der Waals surface area (Å²) < 4.78 is 0. The number of benzene rings is 2. The maximum Gasteiger partial charge on any atom is 0.241 e. The van der Waals surface area contributed by atoms with Gasteiger partial charge in [-0.2, -0.15) is 0 Å². The molecule has 1 aliphatic carbocycles. The Morgan fingerprint density at radius 2 is 1.79 bits per heavy atom. The van der Waals surface area contributed by atoms with E-state index in [0.29, 0.717) is 6.54 Å². The quantitative estimate of drug-likeness (QED) is 0.687. The molecule has 0 spiro atoms. The van der Waals surface area contributed by atoms with Gasteiger partial charge in [0.05, 0.1) is 0 Å². The average Bonchev–Trinajstić information content (AvgIpc) is 3.21. The molecule has 1 atom stereocenters. The van der Waals surface area contributed by atoms with Crippen LogP contribution in [0.1, 0.15) is 48.4 Å². The molecule has 6 heteroatoms. The van der Waals surface area contributed by atoms with Crippen LogP contribution in [0.3, 0.4) is 0 Å². The Balaban J connectivity index is 0.00000280. The number of carbonyl (C=O) groups excluding carboxylic acids is 2. The summed E-state index contributed by atoms with van der Waals surface area (Å²) in [5.41, 5.74) is 9.65. The van der Waals surface area contributed by atoms with E-state index in [-0.39, 0.29) is 30.1 Å². The number of aryl methyl sites for hydroxylation is 1. The zero-order valence-electron chi connectivity index (χ0n) is 16.1. The number of nitrogens with one attached hydrogen (secondary N) is 2. The molecule has 1 fully saturated rings. The molecule has 2 aromatic carbocycles. The first-order chi connectivity index (χ1) is 13.0. The van der Waals surface area contributed by atoms with E-state index in [1.165, 1.54) is 0 Å². The van der Waals surface area contributed by atoms with Crippen LogP contribution in [0.2, 0.25) is 0 Å². The normalized spacial score (nSPS) is 14.8. The largest absolute Gasteiger partial charge is 0.350 e. The molecule has 3 rings (SSSR count). The van der Waals surface area contributed by atoms with E-state index in [4.69, 9.17) is 5.73 Å². The lowest BCUT2D eigenvalue weighted by Crippen LogP contribution is -2.33. The van der Waals surface area contributed by atoms with Crippen molar-refractivity contribution in [3.63, 3.8) is 0 Å². The number of anilines is 1. The zero-order valence-corrected chi connectivity index (χ0v) is 16.9. The lowest BCUT2D eigenvalue weighted by atomic mass is 10.1. The fourth-order valence-corrected chi connectivity index (χ4v) is 3.42. The van der Waals surface area contributed by atoms with Crippen molar-refractivity contribution < 1.29 is 9.59 Å². The molecule has 1 aliphatic rings. The SMILES string of the molecule is Cc1ccc(C(N)C(=O)NCc2cccc(NC(=O)C3CCCC3)c2)cc1.Cl. The van der Waals surface area contributed by atoms with E-state index in [9.17, 15) is 9.59 Å². The Morgan fingerprint density at radius 3 is 2.46 bits per heavy atom. The van der Waals surface area contributed by atoms with E-state index < -0.39 is 6.04 Å². The van der Waals surface area contributed by atoms with E-state index in [2.05, 4.69) is 10.6 Å². The summed E-state index contributed by atoms with van der Waals surface area (Å²) in [7, 11) is 0. The topological polar surface area (TPSA) is 84.2 Å². The molecule has 0 aromatic heterocycles. The molecule has 0 heterocycles. The fraction of sp³-hybridized carbons (Fsp3) is 0.364. The summed E-state index contributed by atoms with van der Waals surface area (Å²) >= 11 is 0. The minimum Gasteiger partial charge on any atom is -0.350 e. The van der Waals surface area contributed by atoms with Gasteiger partial charge in [0.1, 0.15) is 6.04 Å². The first-order valence-corrected chi connectivity index (χ1v) is 9.52. The number of hydrogen-bond donors (Lipinski definition) is 3. The predicted molar refractivity (Wildman–Crippen MR) is 114 cm³/mol. The van der Waals surface area contributed by atoms with Crippen molar-refractivity contribution in [2.45, 2.75) is 45.2 Å². The zero-order chi connectivity index (χ0) is 19.2. The van der Waals surface area contributed by atoms with Crippen LogP contribution in [0.25, 0.3) is 0 Å². The van der Waals surface area contributed by atoms with Gasteiger partial charge in [0, 0.05) is 18.2 Å². The van der Waals surface area contributed by atoms with Gasteiger partial charge in [-0.3, -0.25) is 9.59 Å². The average molecular weight is 402 g/mol. The van der Waals surface area contributed by atoms with Crippen LogP contribution in [0.5, 0.6) is 0 Å². The molecule has 2 aromatic rings. The molecule has 0 saturated heterocycles. The Labute approximate surface area is 172 Å². The van der Waals surface area contributed by atoms with Gasteiger partial charge in [0.2, 0.25) is 11.8 Å². The van der Waals surface area contributed by atoms with Crippen LogP contribution in [-0.2, 0) is 16.1 Å². The number of hydrogen-bond acceptors (Lipinski definition) is 3. The lowest BCUT2D eigenvalue weighted by Gasteiger charge is -2.14. The standard InChI is InChI=1S/C22H27N3O2.ClH/c1-15-9-11-17(12-10-15)20(23)22(27)24-14-16-5-4-8-19(13-16)25-21(26)18-6-2-3-7-18;/h4-5,8-13,18,20H,2-3,6-7,14,23H2,1H3,(H,24,27)(H,25,26);1H. The number of carbonyl (C=O) groups is 2. The van der Waals surface area contributed by atoms with Gasteiger partial charge in [-0.05, 0) is 43.0 Å². The first kappa shape index (κ1) is 21.9. The monoisotopic (exact) mass is 401 g/mol. The maximum absolute atomic E-state index is 12.3. The molecule has 0 aliphatic heterocycles. The van der Waals surface area contributed by atoms with Crippen LogP contribution in [0, 0.1) is 12.8 Å². The molecule has 0 bridgehead atoms. The first-order valence-electron chi connectivity index (χ1n) is 9.52. The van der Waals surface area contributed by atoms with Crippen molar-refractivity contribution in [3.05, 3.63) is 65.2 Å². The Bertz CT molecular complexity index is 802. The molecule has 1 unspecified atom stereocenters. The molecular formula is C22H28ClN3O2. The van der Waals surface area contributed by atoms with Crippen LogP contribution >= 0.6 is 12.4 Å². The van der Waals surface area contributed by atoms with Crippen molar-refractivity contribution in [1.82, 2.24) is 5.32 Å². The third kappa shape index (κ3) is 5.81. The fourth-order valence-electron chi connectivity index (χ4n) is 3.42. The number of nitrogens with two attached hydrogens (primary N) is 1. The van der Waals surface area contributed by atoms with E-state index in [1.807, 2.05) is 55.5 Å². The van der Waals surface area contributed by atoms with Crippen molar-refractivity contribution >= 4 is 29.9 Å². The van der Waals surface area contributed by atoms with Crippen molar-refractivity contribution in [3.8, 4) is 0 Å². The Hall–Kier alpha value is -2.37. The summed E-state index contributed by atoms with van der Waals surface area (Å²) in [6, 6.07) is 14.5. The predicted octanol–water partition coefficient (Wildman–Crippen LogP) is 3.86. The molecule has 4 N–H and O–H groups in total. The molecule has 28 heavy (non-hydrogen) atoms. The molecule has 5 nitrogen and oxygen atoms in total. The van der Waals surface area contributed by atoms with Gasteiger partial charge in [-0.15, -0.1) is 12.4 Å². The van der Waals surface area contributed by atoms with Crippen molar-refractivity contribution in [2.24, 2.45) is 11.7 Å². The van der Waals surface area contributed by atoms with Gasteiger partial charge in [-0.1, -0.05) is 54.8 Å². The van der Waals surface area contributed by atoms with Crippen LogP contribution < -0.4 is 16.4 Å². The third-order valence-corrected chi connectivity index (χ3v) is 5.11. The highest BCUT2D eigenvalue weighted by molar-refractivity contribution is 5.92. The smallest absolute Gasteiger partial charge is 0.241 e. The summed E-state index contributed by atoms with van der Waals surface area (Å²) in [5.74, 6) is -0.00445. The Morgan fingerprint density at radius 1 is 1.11 bits per heavy atom. The van der Waals surface area contributed by atoms with Gasteiger partial charge in [0.15, 0.2) is 0 Å². The Kier molecular flexibility index (Phi) is 8.03. The van der Waals surface area contributed by atoms with Crippen molar-refractivity contribution in [1.29, 1.82) is 0 Å².